The van der Waals surface area contributed by atoms with Crippen molar-refractivity contribution in [3.05, 3.63) is 82.9 Å². The van der Waals surface area contributed by atoms with Crippen molar-refractivity contribution in [2.75, 3.05) is 0 Å². The zero-order chi connectivity index (χ0) is 15.4. The number of hydrazone groups is 1. The molecule has 22 heavy (non-hydrogen) atoms. The van der Waals surface area contributed by atoms with Crippen LogP contribution in [0.4, 0.5) is 0 Å². The van der Waals surface area contributed by atoms with Gasteiger partial charge in [0.2, 0.25) is 0 Å². The van der Waals surface area contributed by atoms with Crippen LogP contribution in [0.3, 0.4) is 0 Å². The molecule has 108 valence electrons. The number of hydrogen-bond acceptors (Lipinski definition) is 2. The number of nitrogens with one attached hydrogen (secondary N) is 1. The van der Waals surface area contributed by atoms with Crippen LogP contribution in [0, 0.1) is 0 Å². The van der Waals surface area contributed by atoms with E-state index in [9.17, 15) is 4.79 Å². The Morgan fingerprint density at radius 2 is 1.77 bits per heavy atom. The van der Waals surface area contributed by atoms with Crippen LogP contribution in [-0.4, -0.2) is 12.1 Å². The molecule has 0 spiro atoms. The van der Waals surface area contributed by atoms with Gasteiger partial charge in [0.25, 0.3) is 5.91 Å². The van der Waals surface area contributed by atoms with Crippen molar-refractivity contribution >= 4 is 34.5 Å². The van der Waals surface area contributed by atoms with Crippen molar-refractivity contribution < 1.29 is 4.79 Å². The number of carbonyl (C=O) groups is 1. The van der Waals surface area contributed by atoms with Crippen molar-refractivity contribution in [3.63, 3.8) is 0 Å². The molecule has 0 aliphatic rings. The Kier molecular flexibility index (Phi) is 4.17. The number of hydrogen-bond donors (Lipinski definition) is 1. The highest BCUT2D eigenvalue weighted by Crippen LogP contribution is 2.16. The van der Waals surface area contributed by atoms with Gasteiger partial charge in [0.05, 0.1) is 6.21 Å². The molecule has 0 saturated carbocycles. The van der Waals surface area contributed by atoms with Gasteiger partial charge >= 0.3 is 0 Å². The molecule has 0 saturated heterocycles. The van der Waals surface area contributed by atoms with E-state index < -0.39 is 0 Å². The van der Waals surface area contributed by atoms with E-state index in [1.807, 2.05) is 42.5 Å². The minimum Gasteiger partial charge on any atom is -0.267 e. The minimum atomic E-state index is -0.293. The lowest BCUT2D eigenvalue weighted by Gasteiger charge is -2.02. The van der Waals surface area contributed by atoms with Gasteiger partial charge in [-0.2, -0.15) is 5.10 Å². The molecule has 3 aromatic rings. The topological polar surface area (TPSA) is 41.5 Å². The highest BCUT2D eigenvalue weighted by atomic mass is 35.5. The van der Waals surface area contributed by atoms with Gasteiger partial charge < -0.3 is 0 Å². The zero-order valence-corrected chi connectivity index (χ0v) is 12.4. The van der Waals surface area contributed by atoms with Crippen LogP contribution in [0.5, 0.6) is 0 Å². The molecule has 0 aliphatic carbocycles. The molecule has 0 heterocycles. The number of carbonyl (C=O) groups excluding carboxylic acids is 1. The van der Waals surface area contributed by atoms with Crippen molar-refractivity contribution in [1.29, 1.82) is 0 Å². The molecule has 1 amide bonds. The van der Waals surface area contributed by atoms with Gasteiger partial charge in [-0.05, 0) is 29.0 Å². The second kappa shape index (κ2) is 6.41. The lowest BCUT2D eigenvalue weighted by atomic mass is 10.1. The van der Waals surface area contributed by atoms with Crippen molar-refractivity contribution in [3.8, 4) is 0 Å². The van der Waals surface area contributed by atoms with Crippen LogP contribution in [0.25, 0.3) is 10.8 Å². The Morgan fingerprint density at radius 1 is 1.00 bits per heavy atom. The van der Waals surface area contributed by atoms with Crippen molar-refractivity contribution in [2.24, 2.45) is 5.10 Å². The number of nitrogens with zero attached hydrogens (tertiary/aromatic N) is 1. The Hall–Kier alpha value is -2.65. The summed E-state index contributed by atoms with van der Waals surface area (Å²) in [6, 6.07) is 20.7. The van der Waals surface area contributed by atoms with E-state index in [0.717, 1.165) is 16.3 Å². The normalized spacial score (nSPS) is 11.0. The standard InChI is InChI=1S/C18H13ClN2O/c19-16-9-4-7-14(11-16)18(22)21-20-12-15-8-3-6-13-5-1-2-10-17(13)15/h1-12H,(H,21,22). The molecule has 0 radical (unpaired) electrons. The fraction of sp³-hybridized carbons (Fsp3) is 0. The third-order valence-corrected chi connectivity index (χ3v) is 3.51. The zero-order valence-electron chi connectivity index (χ0n) is 11.7. The second-order valence-corrected chi connectivity index (χ2v) is 5.21. The fourth-order valence-corrected chi connectivity index (χ4v) is 2.41. The predicted molar refractivity (Wildman–Crippen MR) is 90.5 cm³/mol. The van der Waals surface area contributed by atoms with Crippen LogP contribution in [0.2, 0.25) is 5.02 Å². The average Bonchev–Trinajstić information content (AvgIpc) is 2.55. The first-order chi connectivity index (χ1) is 10.7. The Balaban J connectivity index is 1.78. The van der Waals surface area contributed by atoms with E-state index in [0.29, 0.717) is 10.6 Å². The van der Waals surface area contributed by atoms with E-state index in [1.54, 1.807) is 30.5 Å². The lowest BCUT2D eigenvalue weighted by molar-refractivity contribution is 0.0955. The third-order valence-electron chi connectivity index (χ3n) is 3.28. The summed E-state index contributed by atoms with van der Waals surface area (Å²) >= 11 is 5.87. The van der Waals surface area contributed by atoms with Gasteiger partial charge in [0.15, 0.2) is 0 Å². The smallest absolute Gasteiger partial charge is 0.267 e. The van der Waals surface area contributed by atoms with E-state index in [1.165, 1.54) is 0 Å². The molecule has 3 nitrogen and oxygen atoms in total. The van der Waals surface area contributed by atoms with Crippen molar-refractivity contribution in [1.82, 2.24) is 5.43 Å². The summed E-state index contributed by atoms with van der Waals surface area (Å²) in [5.41, 5.74) is 3.93. The quantitative estimate of drug-likeness (QED) is 0.570. The first-order valence-electron chi connectivity index (χ1n) is 6.81. The molecule has 0 aromatic heterocycles. The van der Waals surface area contributed by atoms with E-state index >= 15 is 0 Å². The number of amides is 1. The molecule has 0 unspecified atom stereocenters. The number of fused-ring (bicyclic) bond motifs is 1. The molecular formula is C18H13ClN2O. The first-order valence-corrected chi connectivity index (χ1v) is 7.18. The molecule has 3 rings (SSSR count). The number of benzene rings is 3. The van der Waals surface area contributed by atoms with E-state index in [-0.39, 0.29) is 5.91 Å². The summed E-state index contributed by atoms with van der Waals surface area (Å²) < 4.78 is 0. The summed E-state index contributed by atoms with van der Waals surface area (Å²) in [5, 5.41) is 6.77. The van der Waals surface area contributed by atoms with Gasteiger partial charge in [-0.15, -0.1) is 0 Å². The second-order valence-electron chi connectivity index (χ2n) is 4.78. The third kappa shape index (κ3) is 3.15. The van der Waals surface area contributed by atoms with Gasteiger partial charge in [0, 0.05) is 16.1 Å². The highest BCUT2D eigenvalue weighted by molar-refractivity contribution is 6.30. The maximum absolute atomic E-state index is 12.0. The largest absolute Gasteiger partial charge is 0.271 e. The summed E-state index contributed by atoms with van der Waals surface area (Å²) in [6.45, 7) is 0. The SMILES string of the molecule is O=C(NN=Cc1cccc2ccccc12)c1cccc(Cl)c1. The Morgan fingerprint density at radius 3 is 2.64 bits per heavy atom. The monoisotopic (exact) mass is 308 g/mol. The van der Waals surface area contributed by atoms with Gasteiger partial charge in [-0.25, -0.2) is 5.43 Å². The summed E-state index contributed by atoms with van der Waals surface area (Å²) in [7, 11) is 0. The van der Waals surface area contributed by atoms with E-state index in [2.05, 4.69) is 10.5 Å². The van der Waals surface area contributed by atoms with Crippen LogP contribution in [0.1, 0.15) is 15.9 Å². The van der Waals surface area contributed by atoms with Gasteiger partial charge in [0.1, 0.15) is 0 Å². The lowest BCUT2D eigenvalue weighted by Crippen LogP contribution is -2.17. The number of rotatable bonds is 3. The van der Waals surface area contributed by atoms with Crippen LogP contribution < -0.4 is 5.43 Å². The molecule has 0 aliphatic heterocycles. The molecule has 4 heteroatoms. The van der Waals surface area contributed by atoms with Gasteiger partial charge in [-0.1, -0.05) is 60.1 Å². The summed E-state index contributed by atoms with van der Waals surface area (Å²) in [5.74, 6) is -0.293. The Bertz CT molecular complexity index is 853. The average molecular weight is 309 g/mol. The summed E-state index contributed by atoms with van der Waals surface area (Å²) in [4.78, 5) is 12.0. The molecule has 0 bridgehead atoms. The highest BCUT2D eigenvalue weighted by Gasteiger charge is 2.04. The van der Waals surface area contributed by atoms with Gasteiger partial charge in [-0.3, -0.25) is 4.79 Å². The fourth-order valence-electron chi connectivity index (χ4n) is 2.22. The predicted octanol–water partition coefficient (Wildman–Crippen LogP) is 4.26. The van der Waals surface area contributed by atoms with Crippen LogP contribution in [0.15, 0.2) is 71.8 Å². The maximum atomic E-state index is 12.0. The molecule has 3 aromatic carbocycles. The minimum absolute atomic E-state index is 0.293. The Labute approximate surface area is 133 Å². The maximum Gasteiger partial charge on any atom is 0.271 e. The summed E-state index contributed by atoms with van der Waals surface area (Å²) in [6.07, 6.45) is 1.64. The molecule has 0 fully saturated rings. The van der Waals surface area contributed by atoms with E-state index in [4.69, 9.17) is 11.6 Å². The number of halogens is 1. The van der Waals surface area contributed by atoms with Crippen molar-refractivity contribution in [2.45, 2.75) is 0 Å². The molecular weight excluding hydrogens is 296 g/mol. The molecule has 1 N–H and O–H groups in total. The van der Waals surface area contributed by atoms with Crippen LogP contribution in [-0.2, 0) is 0 Å². The first kappa shape index (κ1) is 14.3. The molecule has 0 atom stereocenters. The van der Waals surface area contributed by atoms with Crippen LogP contribution >= 0.6 is 11.6 Å².